The van der Waals surface area contributed by atoms with Crippen molar-refractivity contribution in [1.82, 2.24) is 15.1 Å². The van der Waals surface area contributed by atoms with Gasteiger partial charge in [-0.3, -0.25) is 14.8 Å². The number of carboxylic acids is 1. The second-order valence-corrected chi connectivity index (χ2v) is 6.20. The van der Waals surface area contributed by atoms with Crippen LogP contribution in [0, 0.1) is 5.92 Å². The number of hydrogen-bond donors (Lipinski definition) is 2. The molecule has 1 unspecified atom stereocenters. The Kier molecular flexibility index (Phi) is 3.96. The summed E-state index contributed by atoms with van der Waals surface area (Å²) in [5, 5.41) is 19.8. The van der Waals surface area contributed by atoms with Gasteiger partial charge in [0.2, 0.25) is 0 Å². The van der Waals surface area contributed by atoms with Gasteiger partial charge in [0.05, 0.1) is 11.9 Å². The van der Waals surface area contributed by atoms with Gasteiger partial charge in [-0.2, -0.15) is 16.4 Å². The molecular formula is C14H15F2N3O2S. The first-order chi connectivity index (χ1) is 10.5. The second kappa shape index (κ2) is 5.77. The van der Waals surface area contributed by atoms with E-state index in [1.807, 2.05) is 16.8 Å². The van der Waals surface area contributed by atoms with Gasteiger partial charge < -0.3 is 5.11 Å². The van der Waals surface area contributed by atoms with Crippen LogP contribution in [-0.2, 0) is 11.3 Å². The van der Waals surface area contributed by atoms with Crippen molar-refractivity contribution in [3.63, 3.8) is 0 Å². The highest BCUT2D eigenvalue weighted by molar-refractivity contribution is 7.08. The fraction of sp³-hybridized carbons (Fsp3) is 0.429. The molecular weight excluding hydrogens is 312 g/mol. The normalized spacial score (nSPS) is 21.8. The molecule has 1 atom stereocenters. The van der Waals surface area contributed by atoms with E-state index >= 15 is 0 Å². The third kappa shape index (κ3) is 2.89. The van der Waals surface area contributed by atoms with Crippen LogP contribution in [0.5, 0.6) is 0 Å². The summed E-state index contributed by atoms with van der Waals surface area (Å²) in [6.07, 6.45) is 1.23. The number of hydrogen-bond acceptors (Lipinski definition) is 4. The van der Waals surface area contributed by atoms with Gasteiger partial charge in [-0.15, -0.1) is 0 Å². The Morgan fingerprint density at radius 1 is 1.59 bits per heavy atom. The van der Waals surface area contributed by atoms with Crippen molar-refractivity contribution < 1.29 is 18.7 Å². The quantitative estimate of drug-likeness (QED) is 0.906. The molecule has 2 aromatic rings. The number of carboxylic acid groups (broad SMARTS) is 1. The maximum atomic E-state index is 13.6. The van der Waals surface area contributed by atoms with Crippen LogP contribution in [0.15, 0.2) is 23.0 Å². The highest BCUT2D eigenvalue weighted by Gasteiger charge is 2.48. The average Bonchev–Trinajstić information content (AvgIpc) is 3.11. The van der Waals surface area contributed by atoms with Crippen LogP contribution >= 0.6 is 11.3 Å². The zero-order valence-corrected chi connectivity index (χ0v) is 12.4. The third-order valence-electron chi connectivity index (χ3n) is 3.93. The first-order valence-electron chi connectivity index (χ1n) is 6.85. The zero-order chi connectivity index (χ0) is 15.7. The lowest BCUT2D eigenvalue weighted by molar-refractivity contribution is -0.167. The topological polar surface area (TPSA) is 69.2 Å². The van der Waals surface area contributed by atoms with Gasteiger partial charge in [0.25, 0.3) is 5.92 Å². The van der Waals surface area contributed by atoms with E-state index in [9.17, 15) is 13.6 Å². The molecule has 1 fully saturated rings. The summed E-state index contributed by atoms with van der Waals surface area (Å²) in [6.45, 7) is 0.420. The van der Waals surface area contributed by atoms with Crippen LogP contribution in [0.25, 0.3) is 11.3 Å². The Hall–Kier alpha value is -1.80. The Morgan fingerprint density at radius 2 is 2.41 bits per heavy atom. The van der Waals surface area contributed by atoms with Gasteiger partial charge in [-0.1, -0.05) is 0 Å². The largest absolute Gasteiger partial charge is 0.481 e. The summed E-state index contributed by atoms with van der Waals surface area (Å²) >= 11 is 1.56. The maximum Gasteiger partial charge on any atom is 0.313 e. The van der Waals surface area contributed by atoms with E-state index in [4.69, 9.17) is 5.11 Å². The minimum atomic E-state index is -3.14. The van der Waals surface area contributed by atoms with E-state index in [1.165, 1.54) is 0 Å². The van der Waals surface area contributed by atoms with Gasteiger partial charge in [-0.05, 0) is 11.4 Å². The highest BCUT2D eigenvalue weighted by Crippen LogP contribution is 2.35. The molecule has 118 valence electrons. The predicted octanol–water partition coefficient (Wildman–Crippen LogP) is 2.68. The first kappa shape index (κ1) is 15.1. The van der Waals surface area contributed by atoms with Gasteiger partial charge in [-0.25, -0.2) is 8.78 Å². The fourth-order valence-corrected chi connectivity index (χ4v) is 3.34. The van der Waals surface area contributed by atoms with Crippen LogP contribution in [0.3, 0.4) is 0 Å². The smallest absolute Gasteiger partial charge is 0.313 e. The molecule has 22 heavy (non-hydrogen) atoms. The van der Waals surface area contributed by atoms with Crippen molar-refractivity contribution in [2.45, 2.75) is 18.9 Å². The molecule has 5 nitrogen and oxygen atoms in total. The molecule has 1 aliphatic rings. The third-order valence-corrected chi connectivity index (χ3v) is 4.61. The minimum absolute atomic E-state index is 0.156. The van der Waals surface area contributed by atoms with Gasteiger partial charge in [0.1, 0.15) is 5.92 Å². The number of likely N-dealkylation sites (tertiary alicyclic amines) is 1. The molecule has 1 saturated heterocycles. The molecule has 0 aromatic carbocycles. The number of aromatic nitrogens is 2. The van der Waals surface area contributed by atoms with Crippen LogP contribution in [-0.4, -0.2) is 45.2 Å². The summed E-state index contributed by atoms with van der Waals surface area (Å²) in [6, 6.07) is 1.95. The molecule has 2 N–H and O–H groups in total. The Morgan fingerprint density at radius 3 is 3.09 bits per heavy atom. The monoisotopic (exact) mass is 327 g/mol. The van der Waals surface area contributed by atoms with Crippen LogP contribution in [0.4, 0.5) is 8.78 Å². The van der Waals surface area contributed by atoms with Crippen molar-refractivity contribution in [3.05, 3.63) is 28.6 Å². The van der Waals surface area contributed by atoms with E-state index < -0.39 is 24.2 Å². The van der Waals surface area contributed by atoms with Crippen molar-refractivity contribution >= 4 is 17.3 Å². The lowest BCUT2D eigenvalue weighted by Crippen LogP contribution is -2.50. The maximum absolute atomic E-state index is 13.6. The molecule has 3 heterocycles. The molecule has 0 radical (unpaired) electrons. The Bertz CT molecular complexity index is 657. The van der Waals surface area contributed by atoms with E-state index in [1.54, 1.807) is 22.4 Å². The number of aliphatic carboxylic acids is 1. The number of aromatic amines is 1. The second-order valence-electron chi connectivity index (χ2n) is 5.42. The summed E-state index contributed by atoms with van der Waals surface area (Å²) in [7, 11) is 0. The minimum Gasteiger partial charge on any atom is -0.481 e. The van der Waals surface area contributed by atoms with E-state index in [2.05, 4.69) is 10.2 Å². The summed E-state index contributed by atoms with van der Waals surface area (Å²) in [5.41, 5.74) is 2.73. The van der Waals surface area contributed by atoms with E-state index in [-0.39, 0.29) is 13.1 Å². The van der Waals surface area contributed by atoms with Crippen LogP contribution in [0.1, 0.15) is 12.0 Å². The number of carbonyl (C=O) groups is 1. The van der Waals surface area contributed by atoms with Crippen molar-refractivity contribution in [3.8, 4) is 11.3 Å². The Balaban J connectivity index is 1.75. The number of alkyl halides is 2. The fourth-order valence-electron chi connectivity index (χ4n) is 2.70. The average molecular weight is 327 g/mol. The molecule has 0 saturated carbocycles. The predicted molar refractivity (Wildman–Crippen MR) is 77.9 cm³/mol. The summed E-state index contributed by atoms with van der Waals surface area (Å²) in [5.74, 6) is -6.24. The number of nitrogens with zero attached hydrogens (tertiary/aromatic N) is 2. The van der Waals surface area contributed by atoms with Gasteiger partial charge in [0, 0.05) is 42.6 Å². The van der Waals surface area contributed by atoms with Crippen molar-refractivity contribution in [2.24, 2.45) is 5.92 Å². The number of halogens is 2. The lowest BCUT2D eigenvalue weighted by atomic mass is 9.93. The number of H-pyrrole nitrogens is 1. The summed E-state index contributed by atoms with van der Waals surface area (Å²) < 4.78 is 27.3. The number of thiophene rings is 1. The van der Waals surface area contributed by atoms with Crippen LogP contribution < -0.4 is 0 Å². The molecule has 2 aromatic heterocycles. The van der Waals surface area contributed by atoms with E-state index in [0.29, 0.717) is 6.54 Å². The molecule has 0 bridgehead atoms. The first-order valence-corrected chi connectivity index (χ1v) is 7.79. The van der Waals surface area contributed by atoms with Crippen molar-refractivity contribution in [2.75, 3.05) is 13.1 Å². The van der Waals surface area contributed by atoms with E-state index in [0.717, 1.165) is 16.8 Å². The van der Waals surface area contributed by atoms with Crippen molar-refractivity contribution in [1.29, 1.82) is 0 Å². The molecule has 3 rings (SSSR count). The summed E-state index contributed by atoms with van der Waals surface area (Å²) in [4.78, 5) is 12.8. The molecule has 0 spiro atoms. The molecule has 1 aliphatic heterocycles. The highest BCUT2D eigenvalue weighted by atomic mass is 32.1. The van der Waals surface area contributed by atoms with Gasteiger partial charge in [0.15, 0.2) is 0 Å². The Labute approximate surface area is 129 Å². The lowest BCUT2D eigenvalue weighted by Gasteiger charge is -2.36. The zero-order valence-electron chi connectivity index (χ0n) is 11.6. The number of piperidine rings is 1. The molecule has 8 heteroatoms. The van der Waals surface area contributed by atoms with Gasteiger partial charge >= 0.3 is 5.97 Å². The van der Waals surface area contributed by atoms with Crippen LogP contribution in [0.2, 0.25) is 0 Å². The number of rotatable bonds is 4. The molecule has 0 amide bonds. The SMILES string of the molecule is O=C(O)C1CN(Cc2cn[nH]c2-c2ccsc2)CCC1(F)F. The standard InChI is InChI=1S/C14H15F2N3O2S/c15-14(16)2-3-19(7-11(14)13(20)21)6-10-5-17-18-12(10)9-1-4-22-8-9/h1,4-5,8,11H,2-3,6-7H2,(H,17,18)(H,20,21). The number of nitrogens with one attached hydrogen (secondary N) is 1. The molecule has 0 aliphatic carbocycles.